The van der Waals surface area contributed by atoms with E-state index in [0.29, 0.717) is 19.4 Å². The molecule has 1 N–H and O–H groups in total. The van der Waals surface area contributed by atoms with Crippen molar-refractivity contribution in [2.24, 2.45) is 0 Å². The van der Waals surface area contributed by atoms with Crippen molar-refractivity contribution >= 4 is 28.8 Å². The molecule has 144 valence electrons. The van der Waals surface area contributed by atoms with Crippen LogP contribution >= 0.6 is 11.3 Å². The monoisotopic (exact) mass is 385 g/mol. The minimum atomic E-state index is -0.430. The lowest BCUT2D eigenvalue weighted by atomic mass is 10.1. The quantitative estimate of drug-likeness (QED) is 0.757. The number of para-hydroxylation sites is 1. The van der Waals surface area contributed by atoms with Gasteiger partial charge in [-0.1, -0.05) is 38.1 Å². The van der Waals surface area contributed by atoms with Gasteiger partial charge in [-0.2, -0.15) is 0 Å². The molecule has 1 fully saturated rings. The molecule has 1 aromatic carbocycles. The molecule has 2 unspecified atom stereocenters. The number of hydrogen-bond acceptors (Lipinski definition) is 4. The normalized spacial score (nSPS) is 18.1. The average Bonchev–Trinajstić information content (AvgIpc) is 3.35. The van der Waals surface area contributed by atoms with Crippen LogP contribution in [0.4, 0.5) is 5.69 Å². The molecule has 0 saturated carbocycles. The van der Waals surface area contributed by atoms with E-state index in [9.17, 15) is 9.59 Å². The summed E-state index contributed by atoms with van der Waals surface area (Å²) < 4.78 is 0. The summed E-state index contributed by atoms with van der Waals surface area (Å²) >= 11 is 1.71. The molecule has 2 heterocycles. The molecule has 6 heteroatoms. The number of amides is 2. The van der Waals surface area contributed by atoms with Crippen LogP contribution in [0.15, 0.2) is 47.8 Å². The largest absolute Gasteiger partial charge is 0.352 e. The summed E-state index contributed by atoms with van der Waals surface area (Å²) in [6.45, 7) is 6.67. The SMILES string of the molecule is CCN(CC)C(CNC(=O)C1CCC(=O)N1c1ccccc1)c1cccs1. The number of hydrogen-bond donors (Lipinski definition) is 1. The summed E-state index contributed by atoms with van der Waals surface area (Å²) in [7, 11) is 0. The van der Waals surface area contributed by atoms with E-state index in [2.05, 4.69) is 35.5 Å². The van der Waals surface area contributed by atoms with Gasteiger partial charge in [-0.25, -0.2) is 0 Å². The Labute approximate surface area is 165 Å². The third kappa shape index (κ3) is 4.39. The molecule has 1 aliphatic heterocycles. The average molecular weight is 386 g/mol. The zero-order valence-corrected chi connectivity index (χ0v) is 16.7. The Bertz CT molecular complexity index is 744. The number of nitrogens with one attached hydrogen (secondary N) is 1. The van der Waals surface area contributed by atoms with Gasteiger partial charge in [0.15, 0.2) is 0 Å². The first-order valence-corrected chi connectivity index (χ1v) is 10.5. The van der Waals surface area contributed by atoms with Crippen LogP contribution in [-0.2, 0) is 9.59 Å². The number of likely N-dealkylation sites (N-methyl/N-ethyl adjacent to an activating group) is 1. The summed E-state index contributed by atoms with van der Waals surface area (Å²) in [5, 5.41) is 5.18. The predicted octanol–water partition coefficient (Wildman–Crippen LogP) is 3.44. The van der Waals surface area contributed by atoms with E-state index in [-0.39, 0.29) is 17.9 Å². The molecule has 0 spiro atoms. The molecule has 0 bridgehead atoms. The lowest BCUT2D eigenvalue weighted by Crippen LogP contribution is -2.47. The second kappa shape index (κ2) is 9.15. The molecular weight excluding hydrogens is 358 g/mol. The van der Waals surface area contributed by atoms with Crippen LogP contribution < -0.4 is 10.2 Å². The minimum absolute atomic E-state index is 0.0138. The zero-order chi connectivity index (χ0) is 19.2. The van der Waals surface area contributed by atoms with Gasteiger partial charge in [-0.15, -0.1) is 11.3 Å². The Hall–Kier alpha value is -2.18. The maximum Gasteiger partial charge on any atom is 0.243 e. The van der Waals surface area contributed by atoms with Crippen LogP contribution in [0, 0.1) is 0 Å². The van der Waals surface area contributed by atoms with Crippen LogP contribution in [0.1, 0.15) is 37.6 Å². The molecule has 5 nitrogen and oxygen atoms in total. The zero-order valence-electron chi connectivity index (χ0n) is 15.9. The van der Waals surface area contributed by atoms with Gasteiger partial charge in [0.05, 0.1) is 6.04 Å². The number of carbonyl (C=O) groups is 2. The van der Waals surface area contributed by atoms with Crippen molar-refractivity contribution in [3.8, 4) is 0 Å². The highest BCUT2D eigenvalue weighted by atomic mass is 32.1. The van der Waals surface area contributed by atoms with Crippen LogP contribution in [0.25, 0.3) is 0 Å². The summed E-state index contributed by atoms with van der Waals surface area (Å²) in [4.78, 5) is 30.5. The Balaban J connectivity index is 1.71. The van der Waals surface area contributed by atoms with Crippen molar-refractivity contribution in [3.05, 3.63) is 52.7 Å². The van der Waals surface area contributed by atoms with E-state index in [0.717, 1.165) is 18.8 Å². The molecule has 0 radical (unpaired) electrons. The fourth-order valence-electron chi connectivity index (χ4n) is 3.71. The predicted molar refractivity (Wildman–Crippen MR) is 110 cm³/mol. The van der Waals surface area contributed by atoms with E-state index in [4.69, 9.17) is 0 Å². The fourth-order valence-corrected chi connectivity index (χ4v) is 4.58. The Kier molecular flexibility index (Phi) is 6.63. The molecular formula is C21H27N3O2S. The molecule has 27 heavy (non-hydrogen) atoms. The van der Waals surface area contributed by atoms with Gasteiger partial charge in [-0.05, 0) is 43.1 Å². The first-order valence-electron chi connectivity index (χ1n) is 9.58. The van der Waals surface area contributed by atoms with E-state index in [1.165, 1.54) is 4.88 Å². The smallest absolute Gasteiger partial charge is 0.243 e. The van der Waals surface area contributed by atoms with Gasteiger partial charge in [-0.3, -0.25) is 19.4 Å². The fraction of sp³-hybridized carbons (Fsp3) is 0.429. The highest BCUT2D eigenvalue weighted by Crippen LogP contribution is 2.28. The highest BCUT2D eigenvalue weighted by Gasteiger charge is 2.37. The maximum atomic E-state index is 12.9. The number of nitrogens with zero attached hydrogens (tertiary/aromatic N) is 2. The van der Waals surface area contributed by atoms with Crippen LogP contribution in [0.2, 0.25) is 0 Å². The van der Waals surface area contributed by atoms with Gasteiger partial charge in [0, 0.05) is 23.5 Å². The van der Waals surface area contributed by atoms with Crippen molar-refractivity contribution < 1.29 is 9.59 Å². The molecule has 2 atom stereocenters. The molecule has 1 aliphatic rings. The van der Waals surface area contributed by atoms with Gasteiger partial charge < -0.3 is 5.32 Å². The maximum absolute atomic E-state index is 12.9. The summed E-state index contributed by atoms with van der Waals surface area (Å²) in [6, 6.07) is 13.4. The first kappa shape index (κ1) is 19.6. The minimum Gasteiger partial charge on any atom is -0.352 e. The molecule has 2 aromatic rings. The standard InChI is InChI=1S/C21H27N3O2S/c1-3-23(4-2)18(19-11-8-14-27-19)15-22-21(26)17-12-13-20(25)24(17)16-9-6-5-7-10-16/h5-11,14,17-18H,3-4,12-13,15H2,1-2H3,(H,22,26). The third-order valence-corrected chi connectivity index (χ3v) is 6.12. The molecule has 2 amide bonds. The van der Waals surface area contributed by atoms with Crippen LogP contribution in [0.3, 0.4) is 0 Å². The topological polar surface area (TPSA) is 52.7 Å². The van der Waals surface area contributed by atoms with Gasteiger partial charge in [0.25, 0.3) is 0 Å². The van der Waals surface area contributed by atoms with E-state index in [1.54, 1.807) is 16.2 Å². The van der Waals surface area contributed by atoms with Crippen LogP contribution in [0.5, 0.6) is 0 Å². The Morgan fingerprint density at radius 1 is 1.22 bits per heavy atom. The Morgan fingerprint density at radius 3 is 2.59 bits per heavy atom. The van der Waals surface area contributed by atoms with E-state index < -0.39 is 6.04 Å². The van der Waals surface area contributed by atoms with Crippen molar-refractivity contribution in [2.75, 3.05) is 24.5 Å². The first-order chi connectivity index (χ1) is 13.2. The van der Waals surface area contributed by atoms with Gasteiger partial charge in [0.2, 0.25) is 11.8 Å². The molecule has 1 aromatic heterocycles. The second-order valence-corrected chi connectivity index (χ2v) is 7.63. The molecule has 0 aliphatic carbocycles. The number of benzene rings is 1. The van der Waals surface area contributed by atoms with Gasteiger partial charge in [0.1, 0.15) is 6.04 Å². The molecule has 1 saturated heterocycles. The summed E-state index contributed by atoms with van der Waals surface area (Å²) in [5.41, 5.74) is 0.790. The van der Waals surface area contributed by atoms with E-state index >= 15 is 0 Å². The number of thiophene rings is 1. The van der Waals surface area contributed by atoms with Crippen molar-refractivity contribution in [2.45, 2.75) is 38.8 Å². The Morgan fingerprint density at radius 2 is 1.96 bits per heavy atom. The van der Waals surface area contributed by atoms with Gasteiger partial charge >= 0.3 is 0 Å². The summed E-state index contributed by atoms with van der Waals surface area (Å²) in [5.74, 6) is -0.0571. The lowest BCUT2D eigenvalue weighted by molar-refractivity contribution is -0.124. The van der Waals surface area contributed by atoms with Crippen molar-refractivity contribution in [3.63, 3.8) is 0 Å². The number of rotatable bonds is 8. The van der Waals surface area contributed by atoms with Crippen LogP contribution in [-0.4, -0.2) is 42.4 Å². The highest BCUT2D eigenvalue weighted by molar-refractivity contribution is 7.10. The third-order valence-electron chi connectivity index (χ3n) is 5.14. The van der Waals surface area contributed by atoms with Crippen molar-refractivity contribution in [1.29, 1.82) is 0 Å². The van der Waals surface area contributed by atoms with Crippen molar-refractivity contribution in [1.82, 2.24) is 10.2 Å². The molecule has 3 rings (SSSR count). The van der Waals surface area contributed by atoms with E-state index in [1.807, 2.05) is 36.4 Å². The number of anilines is 1. The second-order valence-electron chi connectivity index (χ2n) is 6.65. The lowest BCUT2D eigenvalue weighted by Gasteiger charge is -2.30. The number of carbonyl (C=O) groups excluding carboxylic acids is 2. The summed E-state index contributed by atoms with van der Waals surface area (Å²) in [6.07, 6.45) is 0.978.